The van der Waals surface area contributed by atoms with E-state index in [2.05, 4.69) is 24.5 Å². The average Bonchev–Trinajstić information content (AvgIpc) is 3.33. The lowest BCUT2D eigenvalue weighted by molar-refractivity contribution is -0.131. The average molecular weight is 461 g/mol. The molecule has 34 heavy (non-hydrogen) atoms. The molecule has 3 aliphatic rings. The first-order valence-electron chi connectivity index (χ1n) is 11.6. The molecule has 0 aliphatic carbocycles. The first-order valence-corrected chi connectivity index (χ1v) is 11.6. The number of nitrogens with zero attached hydrogens (tertiary/aromatic N) is 2. The Bertz CT molecular complexity index is 1210. The van der Waals surface area contributed by atoms with E-state index in [1.807, 2.05) is 24.3 Å². The Hall–Kier alpha value is -3.52. The number of rotatable bonds is 4. The first kappa shape index (κ1) is 22.3. The van der Waals surface area contributed by atoms with Gasteiger partial charge in [-0.2, -0.15) is 0 Å². The number of para-hydroxylation sites is 1. The minimum absolute atomic E-state index is 0.206. The van der Waals surface area contributed by atoms with E-state index in [4.69, 9.17) is 0 Å². The lowest BCUT2D eigenvalue weighted by Crippen LogP contribution is -2.54. The minimum Gasteiger partial charge on any atom is -0.326 e. The minimum atomic E-state index is -1.27. The van der Waals surface area contributed by atoms with Crippen molar-refractivity contribution in [2.45, 2.75) is 38.8 Å². The molecule has 0 saturated carbocycles. The van der Waals surface area contributed by atoms with Gasteiger partial charge in [-0.1, -0.05) is 32.0 Å². The number of amides is 4. The topological polar surface area (TPSA) is 98.8 Å². The maximum absolute atomic E-state index is 13.9. The van der Waals surface area contributed by atoms with Gasteiger partial charge in [-0.05, 0) is 42.7 Å². The fourth-order valence-electron chi connectivity index (χ4n) is 5.92. The van der Waals surface area contributed by atoms with Crippen LogP contribution in [0.15, 0.2) is 48.5 Å². The van der Waals surface area contributed by atoms with Crippen LogP contribution in [0.3, 0.4) is 0 Å². The van der Waals surface area contributed by atoms with Crippen molar-refractivity contribution in [2.24, 2.45) is 17.8 Å². The molecule has 2 N–H and O–H groups in total. The Labute approximate surface area is 198 Å². The van der Waals surface area contributed by atoms with E-state index < -0.39 is 17.4 Å². The van der Waals surface area contributed by atoms with Crippen molar-refractivity contribution >= 4 is 40.7 Å². The van der Waals surface area contributed by atoms with Gasteiger partial charge in [-0.3, -0.25) is 24.5 Å². The van der Waals surface area contributed by atoms with E-state index in [0.717, 1.165) is 11.3 Å². The third-order valence-electron chi connectivity index (χ3n) is 7.17. The smallest absolute Gasteiger partial charge is 0.252 e. The predicted octanol–water partition coefficient (Wildman–Crippen LogP) is 2.64. The van der Waals surface area contributed by atoms with Gasteiger partial charge in [-0.15, -0.1) is 0 Å². The molecule has 0 unspecified atom stereocenters. The van der Waals surface area contributed by atoms with Crippen molar-refractivity contribution in [1.82, 2.24) is 5.32 Å². The molecule has 8 nitrogen and oxygen atoms in total. The number of hydrogen-bond acceptors (Lipinski definition) is 5. The van der Waals surface area contributed by atoms with Gasteiger partial charge in [0, 0.05) is 37.0 Å². The molecule has 3 heterocycles. The summed E-state index contributed by atoms with van der Waals surface area (Å²) in [4.78, 5) is 55.6. The lowest BCUT2D eigenvalue weighted by atomic mass is 9.76. The zero-order valence-corrected chi connectivity index (χ0v) is 19.7. The maximum atomic E-state index is 13.9. The molecule has 8 heteroatoms. The lowest BCUT2D eigenvalue weighted by Gasteiger charge is -2.30. The SMILES string of the molecule is CC(=O)Nc1ccc(N2C(=O)[C@H]3[C@@H](C2=O)[C@]2(N[C@@H]3CC(C)C)C(=O)N(C)c3ccccc32)cc1. The van der Waals surface area contributed by atoms with Crippen molar-refractivity contribution < 1.29 is 19.2 Å². The number of imide groups is 1. The van der Waals surface area contributed by atoms with Crippen LogP contribution in [-0.2, 0) is 24.7 Å². The van der Waals surface area contributed by atoms with E-state index in [0.29, 0.717) is 17.8 Å². The van der Waals surface area contributed by atoms with E-state index in [-0.39, 0.29) is 35.6 Å². The molecular weight excluding hydrogens is 432 g/mol. The molecule has 5 rings (SSSR count). The van der Waals surface area contributed by atoms with Crippen molar-refractivity contribution in [1.29, 1.82) is 0 Å². The van der Waals surface area contributed by atoms with Crippen LogP contribution in [0.5, 0.6) is 0 Å². The summed E-state index contributed by atoms with van der Waals surface area (Å²) >= 11 is 0. The summed E-state index contributed by atoms with van der Waals surface area (Å²) in [6, 6.07) is 13.8. The highest BCUT2D eigenvalue weighted by molar-refractivity contribution is 6.26. The number of carbonyl (C=O) groups excluding carboxylic acids is 4. The van der Waals surface area contributed by atoms with Gasteiger partial charge in [0.2, 0.25) is 17.7 Å². The zero-order valence-electron chi connectivity index (χ0n) is 19.7. The van der Waals surface area contributed by atoms with Crippen molar-refractivity contribution in [3.8, 4) is 0 Å². The summed E-state index contributed by atoms with van der Waals surface area (Å²) in [7, 11) is 1.71. The molecule has 1 spiro atoms. The summed E-state index contributed by atoms with van der Waals surface area (Å²) in [5.41, 5.74) is 1.24. The largest absolute Gasteiger partial charge is 0.326 e. The van der Waals surface area contributed by atoms with Gasteiger partial charge < -0.3 is 10.2 Å². The van der Waals surface area contributed by atoms with Crippen LogP contribution in [0, 0.1) is 17.8 Å². The number of fused-ring (bicyclic) bond motifs is 4. The fraction of sp³-hybridized carbons (Fsp3) is 0.385. The zero-order chi connectivity index (χ0) is 24.4. The summed E-state index contributed by atoms with van der Waals surface area (Å²) in [5.74, 6) is -2.30. The van der Waals surface area contributed by atoms with E-state index in [1.54, 1.807) is 36.2 Å². The van der Waals surface area contributed by atoms with Crippen molar-refractivity contribution in [2.75, 3.05) is 22.2 Å². The second kappa shape index (κ2) is 7.77. The van der Waals surface area contributed by atoms with Crippen LogP contribution < -0.4 is 20.4 Å². The summed E-state index contributed by atoms with van der Waals surface area (Å²) in [6.45, 7) is 5.55. The fourth-order valence-corrected chi connectivity index (χ4v) is 5.92. The molecule has 0 bridgehead atoms. The van der Waals surface area contributed by atoms with Gasteiger partial charge in [0.05, 0.1) is 17.5 Å². The van der Waals surface area contributed by atoms with Crippen LogP contribution >= 0.6 is 0 Å². The number of carbonyl (C=O) groups is 4. The van der Waals surface area contributed by atoms with Crippen LogP contribution in [0.4, 0.5) is 17.1 Å². The molecule has 2 aromatic rings. The van der Waals surface area contributed by atoms with Gasteiger partial charge in [0.25, 0.3) is 5.91 Å². The highest BCUT2D eigenvalue weighted by Gasteiger charge is 2.71. The molecule has 2 aromatic carbocycles. The van der Waals surface area contributed by atoms with Gasteiger partial charge in [0.15, 0.2) is 0 Å². The third kappa shape index (κ3) is 3.01. The molecule has 0 aromatic heterocycles. The summed E-state index contributed by atoms with van der Waals surface area (Å²) < 4.78 is 0. The van der Waals surface area contributed by atoms with E-state index >= 15 is 0 Å². The Kier molecular flexibility index (Phi) is 5.09. The third-order valence-corrected chi connectivity index (χ3v) is 7.17. The molecular formula is C26H28N4O4. The molecule has 176 valence electrons. The second-order valence-electron chi connectivity index (χ2n) is 9.81. The summed E-state index contributed by atoms with van der Waals surface area (Å²) in [6.07, 6.45) is 0.663. The second-order valence-corrected chi connectivity index (χ2v) is 9.81. The Morgan fingerprint density at radius 1 is 1.06 bits per heavy atom. The van der Waals surface area contributed by atoms with E-state index in [9.17, 15) is 19.2 Å². The quantitative estimate of drug-likeness (QED) is 0.684. The van der Waals surface area contributed by atoms with Crippen LogP contribution in [0.25, 0.3) is 0 Å². The molecule has 4 amide bonds. The number of benzene rings is 2. The highest BCUT2D eigenvalue weighted by Crippen LogP contribution is 2.55. The molecule has 4 atom stereocenters. The van der Waals surface area contributed by atoms with Crippen LogP contribution in [0.2, 0.25) is 0 Å². The first-order chi connectivity index (χ1) is 16.2. The Morgan fingerprint density at radius 2 is 1.74 bits per heavy atom. The Morgan fingerprint density at radius 3 is 2.38 bits per heavy atom. The van der Waals surface area contributed by atoms with Crippen LogP contribution in [0.1, 0.15) is 32.8 Å². The molecule has 2 saturated heterocycles. The standard InChI is InChI=1S/C26H28N4O4/c1-14(2)13-19-21-22(26(28-19)18-7-5-6-8-20(18)29(4)25(26)34)24(33)30(23(21)32)17-11-9-16(10-12-17)27-15(3)31/h5-12,14,19,21-22,28H,13H2,1-4H3,(H,27,31)/t19-,21-,22+,26+/m1/s1. The van der Waals surface area contributed by atoms with E-state index in [1.165, 1.54) is 11.8 Å². The number of hydrogen-bond donors (Lipinski definition) is 2. The van der Waals surface area contributed by atoms with Crippen molar-refractivity contribution in [3.63, 3.8) is 0 Å². The normalized spacial score (nSPS) is 27.7. The molecule has 0 radical (unpaired) electrons. The van der Waals surface area contributed by atoms with Crippen LogP contribution in [-0.4, -0.2) is 36.7 Å². The van der Waals surface area contributed by atoms with Crippen molar-refractivity contribution in [3.05, 3.63) is 54.1 Å². The van der Waals surface area contributed by atoms with Gasteiger partial charge in [-0.25, -0.2) is 4.90 Å². The predicted molar refractivity (Wildman–Crippen MR) is 128 cm³/mol. The summed E-state index contributed by atoms with van der Waals surface area (Å²) in [5, 5.41) is 6.18. The maximum Gasteiger partial charge on any atom is 0.252 e. The number of nitrogens with one attached hydrogen (secondary N) is 2. The Balaban J connectivity index is 1.61. The van der Waals surface area contributed by atoms with Gasteiger partial charge >= 0.3 is 0 Å². The molecule has 2 fully saturated rings. The highest BCUT2D eigenvalue weighted by atomic mass is 16.2. The molecule has 3 aliphatic heterocycles. The monoisotopic (exact) mass is 460 g/mol. The number of likely N-dealkylation sites (N-methyl/N-ethyl adjacent to an activating group) is 1. The van der Waals surface area contributed by atoms with Gasteiger partial charge in [0.1, 0.15) is 5.54 Å². The number of anilines is 3.